The summed E-state index contributed by atoms with van der Waals surface area (Å²) in [5.41, 5.74) is 0.0742. The Labute approximate surface area is 190 Å². The highest BCUT2D eigenvalue weighted by atomic mass is 16.6. The quantitative estimate of drug-likeness (QED) is 0.540. The molecule has 0 aromatic heterocycles. The zero-order valence-electron chi connectivity index (χ0n) is 18.5. The number of ether oxygens (including phenoxy) is 3. The third kappa shape index (κ3) is 4.41. The number of hydrogen-bond donors (Lipinski definition) is 1. The maximum Gasteiger partial charge on any atom is 0.286 e. The average Bonchev–Trinajstić information content (AvgIpc) is 2.82. The number of nitro benzene ring substituents is 1. The first-order valence-corrected chi connectivity index (χ1v) is 10.7. The van der Waals surface area contributed by atoms with Crippen LogP contribution in [0.25, 0.3) is 0 Å². The lowest BCUT2D eigenvalue weighted by atomic mass is 9.97. The van der Waals surface area contributed by atoms with Crippen LogP contribution in [-0.4, -0.2) is 55.1 Å². The number of methoxy groups -OCH3 is 2. The first kappa shape index (κ1) is 22.4. The maximum absolute atomic E-state index is 13.2. The van der Waals surface area contributed by atoms with Gasteiger partial charge in [0.2, 0.25) is 0 Å². The minimum absolute atomic E-state index is 0.136. The molecule has 33 heavy (non-hydrogen) atoms. The molecule has 2 aromatic carbocycles. The van der Waals surface area contributed by atoms with E-state index in [0.29, 0.717) is 30.2 Å². The molecule has 2 aliphatic rings. The van der Waals surface area contributed by atoms with Gasteiger partial charge in [-0.1, -0.05) is 0 Å². The molecule has 0 radical (unpaired) electrons. The minimum Gasteiger partial charge on any atom is -0.493 e. The Bertz CT molecular complexity index is 1100. The highest BCUT2D eigenvalue weighted by Gasteiger charge is 2.31. The van der Waals surface area contributed by atoms with Crippen molar-refractivity contribution < 1.29 is 28.7 Å². The number of anilines is 1. The van der Waals surface area contributed by atoms with Crippen LogP contribution in [0.15, 0.2) is 30.3 Å². The summed E-state index contributed by atoms with van der Waals surface area (Å²) in [4.78, 5) is 39.0. The van der Waals surface area contributed by atoms with Crippen LogP contribution >= 0.6 is 0 Å². The maximum atomic E-state index is 13.2. The van der Waals surface area contributed by atoms with Gasteiger partial charge in [-0.15, -0.1) is 0 Å². The molecule has 2 aromatic rings. The van der Waals surface area contributed by atoms with Crippen molar-refractivity contribution in [3.8, 4) is 17.2 Å². The van der Waals surface area contributed by atoms with Crippen LogP contribution in [0, 0.1) is 10.1 Å². The van der Waals surface area contributed by atoms with Gasteiger partial charge in [-0.05, 0) is 37.5 Å². The van der Waals surface area contributed by atoms with E-state index in [0.717, 1.165) is 31.7 Å². The first-order valence-electron chi connectivity index (χ1n) is 10.7. The van der Waals surface area contributed by atoms with Gasteiger partial charge in [0.15, 0.2) is 11.5 Å². The summed E-state index contributed by atoms with van der Waals surface area (Å²) in [5.74, 6) is -0.0637. The van der Waals surface area contributed by atoms with Crippen molar-refractivity contribution in [3.63, 3.8) is 0 Å². The van der Waals surface area contributed by atoms with Gasteiger partial charge < -0.3 is 24.4 Å². The Morgan fingerprint density at radius 2 is 1.91 bits per heavy atom. The molecule has 4 rings (SSSR count). The molecular weight excluding hydrogens is 430 g/mol. The molecule has 1 fully saturated rings. The van der Waals surface area contributed by atoms with Gasteiger partial charge in [-0.2, -0.15) is 0 Å². The second-order valence-corrected chi connectivity index (χ2v) is 7.93. The van der Waals surface area contributed by atoms with Crippen LogP contribution in [0.5, 0.6) is 17.2 Å². The standard InChI is InChI=1S/C23H25N3O7/c1-31-20-12-16(18(26(29)30)13-21(20)32-2)22(27)24-14-6-7-19-17(11-14)23(28)25-9-4-3-5-15(25)8-10-33-19/h6-7,11-13,15H,3-5,8-10H2,1-2H3,(H,24,27). The van der Waals surface area contributed by atoms with Gasteiger partial charge in [0.1, 0.15) is 11.3 Å². The largest absolute Gasteiger partial charge is 0.493 e. The van der Waals surface area contributed by atoms with E-state index in [9.17, 15) is 19.7 Å². The number of rotatable bonds is 5. The number of nitrogens with zero attached hydrogens (tertiary/aromatic N) is 2. The Balaban J connectivity index is 1.65. The third-order valence-electron chi connectivity index (χ3n) is 6.01. The zero-order chi connectivity index (χ0) is 23.5. The van der Waals surface area contributed by atoms with Crippen LogP contribution in [0.4, 0.5) is 11.4 Å². The summed E-state index contributed by atoms with van der Waals surface area (Å²) in [6.07, 6.45) is 3.77. The van der Waals surface area contributed by atoms with Gasteiger partial charge in [-0.25, -0.2) is 0 Å². The summed E-state index contributed by atoms with van der Waals surface area (Å²) >= 11 is 0. The fraction of sp³-hybridized carbons (Fsp3) is 0.391. The highest BCUT2D eigenvalue weighted by Crippen LogP contribution is 2.35. The second-order valence-electron chi connectivity index (χ2n) is 7.93. The van der Waals surface area contributed by atoms with Gasteiger partial charge in [-0.3, -0.25) is 19.7 Å². The lowest BCUT2D eigenvalue weighted by molar-refractivity contribution is -0.385. The number of carbonyl (C=O) groups is 2. The number of carbonyl (C=O) groups excluding carboxylic acids is 2. The van der Waals surface area contributed by atoms with E-state index in [-0.39, 0.29) is 29.0 Å². The molecule has 10 nitrogen and oxygen atoms in total. The van der Waals surface area contributed by atoms with Crippen molar-refractivity contribution in [2.24, 2.45) is 0 Å². The third-order valence-corrected chi connectivity index (χ3v) is 6.01. The molecular formula is C23H25N3O7. The van der Waals surface area contributed by atoms with Crippen LogP contribution in [-0.2, 0) is 0 Å². The Hall–Kier alpha value is -3.82. The number of nitrogens with one attached hydrogen (secondary N) is 1. The summed E-state index contributed by atoms with van der Waals surface area (Å²) in [5, 5.41) is 14.2. The van der Waals surface area contributed by atoms with Gasteiger partial charge in [0, 0.05) is 30.8 Å². The average molecular weight is 455 g/mol. The molecule has 2 amide bonds. The molecule has 2 heterocycles. The minimum atomic E-state index is -0.710. The van der Waals surface area contributed by atoms with Crippen LogP contribution in [0.3, 0.4) is 0 Å². The summed E-state index contributed by atoms with van der Waals surface area (Å²) in [6.45, 7) is 1.20. The SMILES string of the molecule is COc1cc(C(=O)Nc2ccc3c(c2)C(=O)N2CCCCC2CCO3)c([N+](=O)[O-])cc1OC. The number of fused-ring (bicyclic) bond motifs is 2. The molecule has 0 bridgehead atoms. The normalized spacial score (nSPS) is 17.6. The zero-order valence-corrected chi connectivity index (χ0v) is 18.5. The van der Waals surface area contributed by atoms with Crippen molar-refractivity contribution >= 4 is 23.2 Å². The number of nitro groups is 1. The molecule has 1 N–H and O–H groups in total. The lowest BCUT2D eigenvalue weighted by Gasteiger charge is -2.37. The number of amides is 2. The predicted molar refractivity (Wildman–Crippen MR) is 119 cm³/mol. The van der Waals surface area contributed by atoms with Crippen LogP contribution in [0.2, 0.25) is 0 Å². The van der Waals surface area contributed by atoms with E-state index in [1.165, 1.54) is 20.3 Å². The summed E-state index contributed by atoms with van der Waals surface area (Å²) < 4.78 is 16.1. The Morgan fingerprint density at radius 3 is 2.64 bits per heavy atom. The van der Waals surface area contributed by atoms with Crippen molar-refractivity contribution in [2.75, 3.05) is 32.7 Å². The smallest absolute Gasteiger partial charge is 0.286 e. The fourth-order valence-electron chi connectivity index (χ4n) is 4.33. The van der Waals surface area contributed by atoms with E-state index in [4.69, 9.17) is 14.2 Å². The molecule has 174 valence electrons. The molecule has 1 saturated heterocycles. The predicted octanol–water partition coefficient (Wildman–Crippen LogP) is 3.64. The van der Waals surface area contributed by atoms with E-state index in [1.54, 1.807) is 18.2 Å². The number of hydrogen-bond acceptors (Lipinski definition) is 7. The van der Waals surface area contributed by atoms with Gasteiger partial charge in [0.25, 0.3) is 17.5 Å². The van der Waals surface area contributed by atoms with Crippen molar-refractivity contribution in [3.05, 3.63) is 51.6 Å². The summed E-state index contributed by atoms with van der Waals surface area (Å²) in [7, 11) is 2.73. The van der Waals surface area contributed by atoms with Crippen molar-refractivity contribution in [1.82, 2.24) is 4.90 Å². The molecule has 2 aliphatic heterocycles. The van der Waals surface area contributed by atoms with Crippen LogP contribution < -0.4 is 19.5 Å². The van der Waals surface area contributed by atoms with E-state index in [1.807, 2.05) is 4.90 Å². The number of piperidine rings is 1. The molecule has 0 spiro atoms. The number of benzene rings is 2. The lowest BCUT2D eigenvalue weighted by Crippen LogP contribution is -2.45. The molecule has 0 aliphatic carbocycles. The second kappa shape index (κ2) is 9.35. The molecule has 10 heteroatoms. The Kier molecular flexibility index (Phi) is 6.34. The highest BCUT2D eigenvalue weighted by molar-refractivity contribution is 6.08. The molecule has 1 atom stereocenters. The topological polar surface area (TPSA) is 120 Å². The van der Waals surface area contributed by atoms with E-state index < -0.39 is 16.5 Å². The first-order chi connectivity index (χ1) is 15.9. The van der Waals surface area contributed by atoms with Gasteiger partial charge in [0.05, 0.1) is 37.4 Å². The molecule has 0 saturated carbocycles. The monoisotopic (exact) mass is 455 g/mol. The van der Waals surface area contributed by atoms with Gasteiger partial charge >= 0.3 is 0 Å². The van der Waals surface area contributed by atoms with Crippen molar-refractivity contribution in [1.29, 1.82) is 0 Å². The summed E-state index contributed by atoms with van der Waals surface area (Å²) in [6, 6.07) is 7.34. The molecule has 1 unspecified atom stereocenters. The Morgan fingerprint density at radius 1 is 1.15 bits per heavy atom. The fourth-order valence-corrected chi connectivity index (χ4v) is 4.33. The van der Waals surface area contributed by atoms with E-state index >= 15 is 0 Å². The van der Waals surface area contributed by atoms with Crippen LogP contribution in [0.1, 0.15) is 46.4 Å². The van der Waals surface area contributed by atoms with Crippen molar-refractivity contribution in [2.45, 2.75) is 31.7 Å². The van der Waals surface area contributed by atoms with E-state index in [2.05, 4.69) is 5.32 Å².